The highest BCUT2D eigenvalue weighted by Gasteiger charge is 2.33. The molecule has 7 heteroatoms. The molecular weight excluding hydrogens is 492 g/mol. The largest absolute Gasteiger partial charge is 0.481 e. The Morgan fingerprint density at radius 3 is 2.18 bits per heavy atom. The minimum Gasteiger partial charge on any atom is -0.481 e. The van der Waals surface area contributed by atoms with Crippen LogP contribution in [-0.4, -0.2) is 47.2 Å². The standard InChI is InChI=1S/C32H34N2O5/c35-30(36)17-18-34(20-22-9-2-1-3-10-22)31(37)23-11-8-12-24(19-23)33-32(38)39-21-29-27-15-6-4-13-25(27)26-14-5-7-16-28(26)29/h1-7,9-10,13-16,23-24,29H,8,11-12,17-21H2,(H,33,38)(H,35,36)/t23-,24+/m1/s1. The number of hydrogen-bond acceptors (Lipinski definition) is 4. The second kappa shape index (κ2) is 12.2. The molecule has 2 aliphatic rings. The second-order valence-electron chi connectivity index (χ2n) is 10.4. The van der Waals surface area contributed by atoms with E-state index in [-0.39, 0.29) is 43.4 Å². The molecule has 202 valence electrons. The SMILES string of the molecule is O=C(O)CCN(Cc1ccccc1)C(=O)[C@@H]1CCC[C@H](NC(=O)OCC2c3ccccc3-c3ccccc32)C1. The Balaban J connectivity index is 1.18. The van der Waals surface area contributed by atoms with Crippen molar-refractivity contribution in [2.45, 2.75) is 50.6 Å². The van der Waals surface area contributed by atoms with Crippen LogP contribution in [0.15, 0.2) is 78.9 Å². The number of nitrogens with one attached hydrogen (secondary N) is 1. The fraction of sp³-hybridized carbons (Fsp3) is 0.344. The molecule has 0 spiro atoms. The van der Waals surface area contributed by atoms with Gasteiger partial charge in [-0.25, -0.2) is 4.79 Å². The number of alkyl carbamates (subject to hydrolysis) is 1. The van der Waals surface area contributed by atoms with Gasteiger partial charge in [-0.15, -0.1) is 0 Å². The lowest BCUT2D eigenvalue weighted by molar-refractivity contribution is -0.140. The Morgan fingerprint density at radius 1 is 0.872 bits per heavy atom. The topological polar surface area (TPSA) is 95.9 Å². The number of carboxylic acids is 1. The van der Waals surface area contributed by atoms with E-state index in [2.05, 4.69) is 29.6 Å². The number of nitrogens with zero attached hydrogens (tertiary/aromatic N) is 1. The van der Waals surface area contributed by atoms with E-state index in [1.54, 1.807) is 4.90 Å². The molecule has 1 fully saturated rings. The van der Waals surface area contributed by atoms with Crippen molar-refractivity contribution < 1.29 is 24.2 Å². The first-order chi connectivity index (χ1) is 19.0. The first-order valence-electron chi connectivity index (χ1n) is 13.7. The van der Waals surface area contributed by atoms with Crippen LogP contribution in [0.4, 0.5) is 4.79 Å². The van der Waals surface area contributed by atoms with Crippen molar-refractivity contribution in [3.8, 4) is 11.1 Å². The van der Waals surface area contributed by atoms with E-state index in [1.165, 1.54) is 11.1 Å². The molecule has 0 radical (unpaired) electrons. The normalized spacial score (nSPS) is 18.1. The summed E-state index contributed by atoms with van der Waals surface area (Å²) in [4.78, 5) is 39.2. The Labute approximate surface area is 228 Å². The summed E-state index contributed by atoms with van der Waals surface area (Å²) in [5, 5.41) is 12.2. The van der Waals surface area contributed by atoms with Crippen LogP contribution >= 0.6 is 0 Å². The monoisotopic (exact) mass is 526 g/mol. The van der Waals surface area contributed by atoms with Crippen LogP contribution in [0.1, 0.15) is 54.7 Å². The number of fused-ring (bicyclic) bond motifs is 3. The fourth-order valence-corrected chi connectivity index (χ4v) is 5.91. The average Bonchev–Trinajstić information content (AvgIpc) is 3.28. The molecule has 2 atom stereocenters. The van der Waals surface area contributed by atoms with E-state index >= 15 is 0 Å². The molecule has 2 amide bonds. The molecule has 2 N–H and O–H groups in total. The molecule has 5 rings (SSSR count). The molecule has 2 aliphatic carbocycles. The number of rotatable bonds is 9. The van der Waals surface area contributed by atoms with Crippen LogP contribution in [0.25, 0.3) is 11.1 Å². The third-order valence-corrected chi connectivity index (χ3v) is 7.81. The van der Waals surface area contributed by atoms with Crippen LogP contribution in [0.2, 0.25) is 0 Å². The maximum absolute atomic E-state index is 13.5. The Bertz CT molecular complexity index is 1280. The lowest BCUT2D eigenvalue weighted by Crippen LogP contribution is -2.44. The van der Waals surface area contributed by atoms with Gasteiger partial charge in [-0.2, -0.15) is 0 Å². The number of carboxylic acid groups (broad SMARTS) is 1. The van der Waals surface area contributed by atoms with Crippen molar-refractivity contribution in [2.24, 2.45) is 5.92 Å². The minimum atomic E-state index is -0.931. The van der Waals surface area contributed by atoms with Gasteiger partial charge in [0.2, 0.25) is 5.91 Å². The van der Waals surface area contributed by atoms with Crippen LogP contribution in [-0.2, 0) is 20.9 Å². The molecule has 0 saturated heterocycles. The van der Waals surface area contributed by atoms with Gasteiger partial charge in [0.15, 0.2) is 0 Å². The summed E-state index contributed by atoms with van der Waals surface area (Å²) < 4.78 is 5.72. The quantitative estimate of drug-likeness (QED) is 0.379. The van der Waals surface area contributed by atoms with Gasteiger partial charge in [0.05, 0.1) is 6.42 Å². The van der Waals surface area contributed by atoms with E-state index in [1.807, 2.05) is 54.6 Å². The molecule has 3 aromatic carbocycles. The number of benzene rings is 3. The zero-order valence-corrected chi connectivity index (χ0v) is 21.9. The first-order valence-corrected chi connectivity index (χ1v) is 13.7. The number of ether oxygens (including phenoxy) is 1. The smallest absolute Gasteiger partial charge is 0.407 e. The van der Waals surface area contributed by atoms with Gasteiger partial charge in [0, 0.05) is 31.0 Å². The molecule has 0 bridgehead atoms. The van der Waals surface area contributed by atoms with E-state index in [0.29, 0.717) is 13.0 Å². The van der Waals surface area contributed by atoms with E-state index in [4.69, 9.17) is 4.74 Å². The second-order valence-corrected chi connectivity index (χ2v) is 10.4. The maximum atomic E-state index is 13.5. The summed E-state index contributed by atoms with van der Waals surface area (Å²) in [7, 11) is 0. The van der Waals surface area contributed by atoms with Crippen LogP contribution in [0, 0.1) is 5.92 Å². The summed E-state index contributed by atoms with van der Waals surface area (Å²) >= 11 is 0. The van der Waals surface area contributed by atoms with Crippen molar-refractivity contribution in [1.29, 1.82) is 0 Å². The third-order valence-electron chi connectivity index (χ3n) is 7.81. The van der Waals surface area contributed by atoms with Gasteiger partial charge in [-0.05, 0) is 47.1 Å². The van der Waals surface area contributed by atoms with Crippen LogP contribution < -0.4 is 5.32 Å². The van der Waals surface area contributed by atoms with Crippen molar-refractivity contribution in [3.63, 3.8) is 0 Å². The molecule has 1 saturated carbocycles. The summed E-state index contributed by atoms with van der Waals surface area (Å²) in [5.74, 6) is -1.27. The minimum absolute atomic E-state index is 0.00962. The molecule has 0 heterocycles. The van der Waals surface area contributed by atoms with Crippen molar-refractivity contribution >= 4 is 18.0 Å². The van der Waals surface area contributed by atoms with Gasteiger partial charge in [-0.3, -0.25) is 9.59 Å². The predicted octanol–water partition coefficient (Wildman–Crippen LogP) is 5.59. The zero-order chi connectivity index (χ0) is 27.2. The Kier molecular flexibility index (Phi) is 8.25. The van der Waals surface area contributed by atoms with E-state index in [0.717, 1.165) is 36.0 Å². The van der Waals surface area contributed by atoms with Gasteiger partial charge < -0.3 is 20.1 Å². The molecule has 0 aliphatic heterocycles. The highest BCUT2D eigenvalue weighted by molar-refractivity contribution is 5.80. The van der Waals surface area contributed by atoms with Gasteiger partial charge in [0.1, 0.15) is 6.61 Å². The summed E-state index contributed by atoms with van der Waals surface area (Å²) in [6.07, 6.45) is 2.25. The molecule has 39 heavy (non-hydrogen) atoms. The van der Waals surface area contributed by atoms with Crippen molar-refractivity contribution in [1.82, 2.24) is 10.2 Å². The van der Waals surface area contributed by atoms with Crippen molar-refractivity contribution in [2.75, 3.05) is 13.2 Å². The molecule has 7 nitrogen and oxygen atoms in total. The first kappa shape index (κ1) is 26.5. The van der Waals surface area contributed by atoms with Gasteiger partial charge in [-0.1, -0.05) is 85.3 Å². The summed E-state index contributed by atoms with van der Waals surface area (Å²) in [5.41, 5.74) is 5.64. The number of aliphatic carboxylic acids is 1. The molecule has 0 aromatic heterocycles. The van der Waals surface area contributed by atoms with E-state index in [9.17, 15) is 19.5 Å². The van der Waals surface area contributed by atoms with Gasteiger partial charge in [0.25, 0.3) is 0 Å². The zero-order valence-electron chi connectivity index (χ0n) is 21.9. The Morgan fingerprint density at radius 2 is 1.51 bits per heavy atom. The fourth-order valence-electron chi connectivity index (χ4n) is 5.91. The maximum Gasteiger partial charge on any atom is 0.407 e. The summed E-state index contributed by atoms with van der Waals surface area (Å²) in [6.45, 7) is 0.771. The van der Waals surface area contributed by atoms with Crippen LogP contribution in [0.5, 0.6) is 0 Å². The molecular formula is C32H34N2O5. The lowest BCUT2D eigenvalue weighted by Gasteiger charge is -2.33. The number of amides is 2. The predicted molar refractivity (Wildman–Crippen MR) is 148 cm³/mol. The number of carbonyl (C=O) groups is 3. The number of hydrogen-bond donors (Lipinski definition) is 2. The average molecular weight is 527 g/mol. The van der Waals surface area contributed by atoms with Gasteiger partial charge >= 0.3 is 12.1 Å². The molecule has 3 aromatic rings. The highest BCUT2D eigenvalue weighted by Crippen LogP contribution is 2.44. The highest BCUT2D eigenvalue weighted by atomic mass is 16.5. The Hall–Kier alpha value is -4.13. The summed E-state index contributed by atoms with van der Waals surface area (Å²) in [6, 6.07) is 25.9. The number of carbonyl (C=O) groups excluding carboxylic acids is 2. The van der Waals surface area contributed by atoms with E-state index < -0.39 is 12.1 Å². The van der Waals surface area contributed by atoms with Crippen LogP contribution in [0.3, 0.4) is 0 Å². The molecule has 0 unspecified atom stereocenters. The lowest BCUT2D eigenvalue weighted by atomic mass is 9.84. The third kappa shape index (κ3) is 6.30. The van der Waals surface area contributed by atoms with Crippen molar-refractivity contribution in [3.05, 3.63) is 95.6 Å².